The molecule has 3 N–H and O–H groups in total. The highest BCUT2D eigenvalue weighted by Gasteiger charge is 2.19. The number of fused-ring (bicyclic) bond motifs is 1. The first-order valence-electron chi connectivity index (χ1n) is 10.3. The van der Waals surface area contributed by atoms with E-state index < -0.39 is 6.04 Å². The molecule has 1 atom stereocenters. The molecular weight excluding hydrogens is 394 g/mol. The second-order valence-electron chi connectivity index (χ2n) is 7.17. The molecular formula is C23H27N5O3. The maximum absolute atomic E-state index is 13.3. The average molecular weight is 422 g/mol. The minimum Gasteiger partial charge on any atom is -0.383 e. The molecule has 0 aliphatic heterocycles. The minimum atomic E-state index is -0.755. The number of carbonyl (C=O) groups excluding carboxylic acids is 2. The summed E-state index contributed by atoms with van der Waals surface area (Å²) in [5.41, 5.74) is 1.95. The van der Waals surface area contributed by atoms with Crippen LogP contribution in [-0.4, -0.2) is 41.9 Å². The Kier molecular flexibility index (Phi) is 7.37. The van der Waals surface area contributed by atoms with E-state index in [4.69, 9.17) is 0 Å². The second-order valence-corrected chi connectivity index (χ2v) is 7.17. The van der Waals surface area contributed by atoms with Gasteiger partial charge in [-0.2, -0.15) is 0 Å². The zero-order chi connectivity index (χ0) is 22.2. The number of nitrogens with one attached hydrogen (secondary N) is 3. The fourth-order valence-electron chi connectivity index (χ4n) is 3.51. The lowest BCUT2D eigenvalue weighted by Gasteiger charge is -2.18. The summed E-state index contributed by atoms with van der Waals surface area (Å²) in [6.45, 7) is 2.95. The van der Waals surface area contributed by atoms with Crippen molar-refractivity contribution in [3.05, 3.63) is 64.7 Å². The van der Waals surface area contributed by atoms with E-state index in [0.29, 0.717) is 41.8 Å². The van der Waals surface area contributed by atoms with Crippen molar-refractivity contribution in [1.82, 2.24) is 14.9 Å². The van der Waals surface area contributed by atoms with Crippen LogP contribution in [0.25, 0.3) is 10.9 Å². The molecule has 0 spiro atoms. The summed E-state index contributed by atoms with van der Waals surface area (Å²) < 4.78 is 1.38. The number of benzene rings is 2. The molecule has 0 saturated carbocycles. The van der Waals surface area contributed by atoms with Gasteiger partial charge in [0.1, 0.15) is 12.1 Å². The van der Waals surface area contributed by atoms with Crippen molar-refractivity contribution in [1.29, 1.82) is 0 Å². The van der Waals surface area contributed by atoms with E-state index in [1.807, 2.05) is 42.5 Å². The van der Waals surface area contributed by atoms with E-state index in [1.54, 1.807) is 13.0 Å². The zero-order valence-corrected chi connectivity index (χ0v) is 17.7. The largest absolute Gasteiger partial charge is 0.383 e. The number of aromatic nitrogens is 2. The normalized spacial score (nSPS) is 11.7. The van der Waals surface area contributed by atoms with Crippen LogP contribution < -0.4 is 21.5 Å². The molecule has 8 nitrogen and oxygen atoms in total. The number of rotatable bonds is 10. The summed E-state index contributed by atoms with van der Waals surface area (Å²) in [5.74, 6) is 0.258. The average Bonchev–Trinajstić information content (AvgIpc) is 2.79. The smallest absolute Gasteiger partial charge is 0.264 e. The van der Waals surface area contributed by atoms with Gasteiger partial charge in [0, 0.05) is 37.9 Å². The first-order chi connectivity index (χ1) is 15.0. The monoisotopic (exact) mass is 421 g/mol. The van der Waals surface area contributed by atoms with Crippen molar-refractivity contribution in [3.8, 4) is 0 Å². The molecule has 1 heterocycles. The van der Waals surface area contributed by atoms with Gasteiger partial charge in [-0.15, -0.1) is 0 Å². The van der Waals surface area contributed by atoms with Crippen LogP contribution in [0.15, 0.2) is 53.3 Å². The summed E-state index contributed by atoms with van der Waals surface area (Å²) in [7, 11) is 1.54. The van der Waals surface area contributed by atoms with Crippen LogP contribution in [-0.2, 0) is 9.59 Å². The van der Waals surface area contributed by atoms with Crippen LogP contribution in [0.3, 0.4) is 0 Å². The topological polar surface area (TPSA) is 105 Å². The molecule has 0 aliphatic rings. The van der Waals surface area contributed by atoms with E-state index in [2.05, 4.69) is 20.9 Å². The maximum atomic E-state index is 13.3. The Morgan fingerprint density at radius 1 is 1.10 bits per heavy atom. The number of para-hydroxylation sites is 1. The lowest BCUT2D eigenvalue weighted by Crippen LogP contribution is -2.30. The number of amides is 1. The van der Waals surface area contributed by atoms with Gasteiger partial charge in [0.15, 0.2) is 0 Å². The Morgan fingerprint density at radius 3 is 2.55 bits per heavy atom. The third kappa shape index (κ3) is 5.28. The van der Waals surface area contributed by atoms with E-state index in [0.717, 1.165) is 5.69 Å². The molecule has 1 aromatic heterocycles. The van der Waals surface area contributed by atoms with Gasteiger partial charge >= 0.3 is 0 Å². The molecule has 0 aliphatic carbocycles. The minimum absolute atomic E-state index is 0.148. The van der Waals surface area contributed by atoms with E-state index >= 15 is 0 Å². The number of nitrogens with zero attached hydrogens (tertiary/aromatic N) is 2. The van der Waals surface area contributed by atoms with Crippen LogP contribution in [0.1, 0.15) is 24.7 Å². The molecule has 1 unspecified atom stereocenters. The van der Waals surface area contributed by atoms with Gasteiger partial charge in [-0.3, -0.25) is 14.2 Å². The quantitative estimate of drug-likeness (QED) is 0.343. The molecule has 31 heavy (non-hydrogen) atoms. The molecule has 3 rings (SSSR count). The zero-order valence-electron chi connectivity index (χ0n) is 17.7. The second kappa shape index (κ2) is 10.4. The third-order valence-electron chi connectivity index (χ3n) is 5.08. The SMILES string of the molecule is CNC(=O)CCC(C=O)n1c(C)nc2cccc(NCCNc3ccccc3)c2c1=O. The third-order valence-corrected chi connectivity index (χ3v) is 5.08. The Morgan fingerprint density at radius 2 is 1.84 bits per heavy atom. The number of carbonyl (C=O) groups is 2. The van der Waals surface area contributed by atoms with Crippen LogP contribution in [0, 0.1) is 6.92 Å². The molecule has 3 aromatic rings. The highest BCUT2D eigenvalue weighted by atomic mass is 16.2. The van der Waals surface area contributed by atoms with Crippen LogP contribution in [0.5, 0.6) is 0 Å². The standard InChI is InChI=1S/C23H27N5O3/c1-16-27-20-10-6-9-19(26-14-13-25-17-7-4-3-5-8-17)22(20)23(31)28(16)18(15-29)11-12-21(30)24-2/h3-10,15,18,25-26H,11-14H2,1-2H3,(H,24,30). The number of hydrogen-bond donors (Lipinski definition) is 3. The summed E-state index contributed by atoms with van der Waals surface area (Å²) in [6.07, 6.45) is 1.08. The van der Waals surface area contributed by atoms with Gasteiger partial charge in [0.2, 0.25) is 5.91 Å². The first kappa shape index (κ1) is 22.0. The summed E-state index contributed by atoms with van der Waals surface area (Å²) in [6, 6.07) is 14.6. The predicted molar refractivity (Wildman–Crippen MR) is 123 cm³/mol. The lowest BCUT2D eigenvalue weighted by atomic mass is 10.1. The molecule has 2 aromatic carbocycles. The van der Waals surface area contributed by atoms with E-state index in [-0.39, 0.29) is 24.3 Å². The van der Waals surface area contributed by atoms with Crippen LogP contribution >= 0.6 is 0 Å². The Balaban J connectivity index is 1.84. The van der Waals surface area contributed by atoms with Crippen molar-refractivity contribution in [2.24, 2.45) is 0 Å². The number of aryl methyl sites for hydroxylation is 1. The van der Waals surface area contributed by atoms with Crippen molar-refractivity contribution in [2.45, 2.75) is 25.8 Å². The highest BCUT2D eigenvalue weighted by Crippen LogP contribution is 2.21. The van der Waals surface area contributed by atoms with Gasteiger partial charge in [0.25, 0.3) is 5.56 Å². The van der Waals surface area contributed by atoms with Gasteiger partial charge < -0.3 is 20.7 Å². The fourth-order valence-corrected chi connectivity index (χ4v) is 3.51. The lowest BCUT2D eigenvalue weighted by molar-refractivity contribution is -0.121. The van der Waals surface area contributed by atoms with Crippen molar-refractivity contribution >= 4 is 34.5 Å². The van der Waals surface area contributed by atoms with Crippen molar-refractivity contribution in [3.63, 3.8) is 0 Å². The molecule has 1 amide bonds. The Bertz CT molecular complexity index is 1110. The highest BCUT2D eigenvalue weighted by molar-refractivity contribution is 5.90. The first-order valence-corrected chi connectivity index (χ1v) is 10.3. The number of hydrogen-bond acceptors (Lipinski definition) is 6. The van der Waals surface area contributed by atoms with Gasteiger partial charge in [-0.05, 0) is 37.6 Å². The maximum Gasteiger partial charge on any atom is 0.264 e. The number of aldehydes is 1. The Labute approximate surface area is 180 Å². The van der Waals surface area contributed by atoms with Gasteiger partial charge in [-0.1, -0.05) is 24.3 Å². The Hall–Kier alpha value is -3.68. The number of anilines is 2. The van der Waals surface area contributed by atoms with Crippen LogP contribution in [0.4, 0.5) is 11.4 Å². The molecule has 0 bridgehead atoms. The van der Waals surface area contributed by atoms with E-state index in [9.17, 15) is 14.4 Å². The molecule has 0 saturated heterocycles. The molecule has 8 heteroatoms. The van der Waals surface area contributed by atoms with Crippen LogP contribution in [0.2, 0.25) is 0 Å². The predicted octanol–water partition coefficient (Wildman–Crippen LogP) is 2.50. The van der Waals surface area contributed by atoms with Gasteiger partial charge in [-0.25, -0.2) is 4.98 Å². The van der Waals surface area contributed by atoms with Crippen molar-refractivity contribution in [2.75, 3.05) is 30.8 Å². The fraction of sp³-hybridized carbons (Fsp3) is 0.304. The summed E-state index contributed by atoms with van der Waals surface area (Å²) >= 11 is 0. The van der Waals surface area contributed by atoms with Crippen molar-refractivity contribution < 1.29 is 9.59 Å². The summed E-state index contributed by atoms with van der Waals surface area (Å²) in [5, 5.41) is 9.57. The molecule has 0 radical (unpaired) electrons. The van der Waals surface area contributed by atoms with Gasteiger partial charge in [0.05, 0.1) is 16.9 Å². The molecule has 162 valence electrons. The summed E-state index contributed by atoms with van der Waals surface area (Å²) in [4.78, 5) is 41.2. The van der Waals surface area contributed by atoms with E-state index in [1.165, 1.54) is 11.6 Å². The molecule has 0 fully saturated rings.